The summed E-state index contributed by atoms with van der Waals surface area (Å²) in [4.78, 5) is 30.2. The Morgan fingerprint density at radius 1 is 1.21 bits per heavy atom. The van der Waals surface area contributed by atoms with Gasteiger partial charge in [0, 0.05) is 45.3 Å². The summed E-state index contributed by atoms with van der Waals surface area (Å²) < 4.78 is 14.2. The van der Waals surface area contributed by atoms with E-state index in [4.69, 9.17) is 9.47 Å². The third kappa shape index (κ3) is 3.98. The normalized spacial score (nSPS) is 17.5. The first-order valence-corrected chi connectivity index (χ1v) is 12.1. The van der Waals surface area contributed by atoms with Crippen molar-refractivity contribution in [1.29, 1.82) is 0 Å². The molecule has 1 unspecified atom stereocenters. The summed E-state index contributed by atoms with van der Waals surface area (Å²) in [6, 6.07) is 13.7. The van der Waals surface area contributed by atoms with Crippen LogP contribution < -0.4 is 4.74 Å². The van der Waals surface area contributed by atoms with Gasteiger partial charge in [0.1, 0.15) is 5.75 Å². The zero-order valence-electron chi connectivity index (χ0n) is 19.3. The molecule has 174 valence electrons. The smallest absolute Gasteiger partial charge is 0.344 e. The number of nitrogens with zero attached hydrogens (tertiary/aromatic N) is 2. The molecule has 3 heterocycles. The predicted molar refractivity (Wildman–Crippen MR) is 134 cm³/mol. The summed E-state index contributed by atoms with van der Waals surface area (Å²) in [6.45, 7) is 5.95. The van der Waals surface area contributed by atoms with Crippen LogP contribution in [0.25, 0.3) is 21.8 Å². The maximum absolute atomic E-state index is 13.9. The van der Waals surface area contributed by atoms with E-state index in [1.165, 1.54) is 0 Å². The van der Waals surface area contributed by atoms with Crippen molar-refractivity contribution in [2.45, 2.75) is 39.8 Å². The lowest BCUT2D eigenvalue weighted by molar-refractivity contribution is -0.149. The molecule has 0 N–H and O–H groups in total. The van der Waals surface area contributed by atoms with Gasteiger partial charge in [-0.1, -0.05) is 28.9 Å². The predicted octanol–water partition coefficient (Wildman–Crippen LogP) is 5.73. The van der Waals surface area contributed by atoms with Crippen molar-refractivity contribution in [1.82, 2.24) is 9.55 Å². The first-order chi connectivity index (χ1) is 16.2. The largest absolute Gasteiger partial charge is 0.482 e. The van der Waals surface area contributed by atoms with Crippen molar-refractivity contribution in [2.75, 3.05) is 6.61 Å². The first kappa shape index (κ1) is 22.6. The van der Waals surface area contributed by atoms with E-state index in [-0.39, 0.29) is 18.5 Å². The second-order valence-electron chi connectivity index (χ2n) is 9.37. The zero-order valence-corrected chi connectivity index (χ0v) is 20.9. The Morgan fingerprint density at radius 3 is 2.76 bits per heavy atom. The van der Waals surface area contributed by atoms with Crippen LogP contribution in [0.5, 0.6) is 5.75 Å². The number of fused-ring (bicyclic) bond motifs is 3. The minimum atomic E-state index is -0.656. The second kappa shape index (κ2) is 8.55. The van der Waals surface area contributed by atoms with Gasteiger partial charge in [0.2, 0.25) is 0 Å². The van der Waals surface area contributed by atoms with Crippen molar-refractivity contribution >= 4 is 49.5 Å². The van der Waals surface area contributed by atoms with Gasteiger partial charge in [-0.15, -0.1) is 0 Å². The molecule has 0 bridgehead atoms. The summed E-state index contributed by atoms with van der Waals surface area (Å²) in [5.74, 6) is 0.0915. The quantitative estimate of drug-likeness (QED) is 0.303. The molecule has 1 atom stereocenters. The molecule has 2 aromatic carbocycles. The van der Waals surface area contributed by atoms with Crippen molar-refractivity contribution in [2.24, 2.45) is 5.41 Å². The highest BCUT2D eigenvalue weighted by atomic mass is 79.9. The van der Waals surface area contributed by atoms with Gasteiger partial charge in [-0.05, 0) is 62.2 Å². The SMILES string of the molecule is CC(C)OC(=O)COc1cc2c3c(c1)c1cc(Br)ccc1n3CC(C)(Cc1cccnc1)C2=O. The highest BCUT2D eigenvalue weighted by Crippen LogP contribution is 2.44. The number of Topliss-reactive ketones (excluding diaryl/α,β-unsaturated/α-hetero) is 1. The molecule has 7 heteroatoms. The van der Waals surface area contributed by atoms with Crippen molar-refractivity contribution in [3.05, 3.63) is 70.5 Å². The highest BCUT2D eigenvalue weighted by molar-refractivity contribution is 9.10. The molecule has 0 amide bonds. The second-order valence-corrected chi connectivity index (χ2v) is 10.3. The number of ketones is 1. The number of carbonyl (C=O) groups excluding carboxylic acids is 2. The fourth-order valence-electron chi connectivity index (χ4n) is 4.88. The number of hydrogen-bond donors (Lipinski definition) is 0. The standard InChI is InChI=1S/C27H25BrN2O4/c1-16(2)34-24(31)14-33-19-10-21-20-9-18(28)6-7-23(20)30-15-27(3,12-17-5-4-8-29-13-17)26(32)22(11-19)25(21)30/h4-11,13,16H,12,14-15H2,1-3H3. The molecule has 2 aromatic heterocycles. The Morgan fingerprint density at radius 2 is 2.03 bits per heavy atom. The van der Waals surface area contributed by atoms with Gasteiger partial charge in [0.25, 0.3) is 0 Å². The Hall–Kier alpha value is -3.19. The Bertz CT molecular complexity index is 1430. The number of aromatic nitrogens is 2. The van der Waals surface area contributed by atoms with Crippen LogP contribution in [0.1, 0.15) is 36.7 Å². The minimum absolute atomic E-state index is 0.0610. The summed E-state index contributed by atoms with van der Waals surface area (Å²) in [5.41, 5.74) is 2.92. The van der Waals surface area contributed by atoms with Crippen molar-refractivity contribution in [3.63, 3.8) is 0 Å². The van der Waals surface area contributed by atoms with E-state index in [9.17, 15) is 9.59 Å². The molecule has 0 saturated carbocycles. The van der Waals surface area contributed by atoms with E-state index in [2.05, 4.69) is 37.6 Å². The van der Waals surface area contributed by atoms with E-state index < -0.39 is 11.4 Å². The number of rotatable bonds is 6. The van der Waals surface area contributed by atoms with E-state index in [1.807, 2.05) is 37.4 Å². The van der Waals surface area contributed by atoms with E-state index in [0.29, 0.717) is 24.3 Å². The number of benzene rings is 2. The summed E-state index contributed by atoms with van der Waals surface area (Å²) in [7, 11) is 0. The maximum Gasteiger partial charge on any atom is 0.344 e. The van der Waals surface area contributed by atoms with Gasteiger partial charge < -0.3 is 14.0 Å². The Labute approximate surface area is 206 Å². The topological polar surface area (TPSA) is 70.4 Å². The number of halogens is 1. The summed E-state index contributed by atoms with van der Waals surface area (Å²) in [6.07, 6.45) is 3.90. The minimum Gasteiger partial charge on any atom is -0.482 e. The molecular weight excluding hydrogens is 496 g/mol. The van der Waals surface area contributed by atoms with Gasteiger partial charge in [-0.25, -0.2) is 4.79 Å². The molecule has 6 nitrogen and oxygen atoms in total. The molecule has 4 aromatic rings. The van der Waals surface area contributed by atoms with Crippen molar-refractivity contribution in [3.8, 4) is 5.75 Å². The van der Waals surface area contributed by atoms with Crippen LogP contribution in [-0.4, -0.2) is 34.0 Å². The molecule has 1 aliphatic rings. The number of esters is 1. The number of hydrogen-bond acceptors (Lipinski definition) is 5. The fourth-order valence-corrected chi connectivity index (χ4v) is 5.24. The molecule has 5 rings (SSSR count). The maximum atomic E-state index is 13.9. The van der Waals surface area contributed by atoms with Gasteiger partial charge in [0.05, 0.1) is 17.0 Å². The summed E-state index contributed by atoms with van der Waals surface area (Å²) in [5, 5.41) is 1.96. The van der Waals surface area contributed by atoms with Gasteiger partial charge in [-0.3, -0.25) is 9.78 Å². The lowest BCUT2D eigenvalue weighted by Crippen LogP contribution is -2.38. The monoisotopic (exact) mass is 520 g/mol. The number of carbonyl (C=O) groups is 2. The van der Waals surface area contributed by atoms with E-state index in [0.717, 1.165) is 31.8 Å². The van der Waals surface area contributed by atoms with Crippen LogP contribution in [0, 0.1) is 5.41 Å². The van der Waals surface area contributed by atoms with Gasteiger partial charge >= 0.3 is 5.97 Å². The lowest BCUT2D eigenvalue weighted by atomic mass is 9.75. The molecule has 0 spiro atoms. The van der Waals surface area contributed by atoms with Crippen LogP contribution >= 0.6 is 15.9 Å². The fraction of sp³-hybridized carbons (Fsp3) is 0.296. The molecule has 1 aliphatic heterocycles. The Kier molecular flexibility index (Phi) is 5.68. The van der Waals surface area contributed by atoms with E-state index >= 15 is 0 Å². The molecule has 0 saturated heterocycles. The molecular formula is C27H25BrN2O4. The van der Waals surface area contributed by atoms with Crippen LogP contribution in [0.2, 0.25) is 0 Å². The average Bonchev–Trinajstić information content (AvgIpc) is 3.09. The zero-order chi connectivity index (χ0) is 24.0. The molecule has 0 fully saturated rings. The van der Waals surface area contributed by atoms with Gasteiger partial charge in [0.15, 0.2) is 12.4 Å². The third-order valence-corrected chi connectivity index (χ3v) is 6.73. The number of ether oxygens (including phenoxy) is 2. The molecule has 0 aliphatic carbocycles. The van der Waals surface area contributed by atoms with Crippen LogP contribution in [0.15, 0.2) is 59.3 Å². The van der Waals surface area contributed by atoms with E-state index in [1.54, 1.807) is 26.1 Å². The number of pyridine rings is 1. The molecule has 34 heavy (non-hydrogen) atoms. The van der Waals surface area contributed by atoms with Gasteiger partial charge in [-0.2, -0.15) is 0 Å². The first-order valence-electron chi connectivity index (χ1n) is 11.3. The Balaban J connectivity index is 1.63. The lowest BCUT2D eigenvalue weighted by Gasteiger charge is -2.34. The average molecular weight is 521 g/mol. The summed E-state index contributed by atoms with van der Waals surface area (Å²) >= 11 is 3.58. The third-order valence-electron chi connectivity index (χ3n) is 6.23. The van der Waals surface area contributed by atoms with Crippen LogP contribution in [0.3, 0.4) is 0 Å². The van der Waals surface area contributed by atoms with Crippen LogP contribution in [-0.2, 0) is 22.5 Å². The molecule has 0 radical (unpaired) electrons. The highest BCUT2D eigenvalue weighted by Gasteiger charge is 2.41. The van der Waals surface area contributed by atoms with Crippen LogP contribution in [0.4, 0.5) is 0 Å². The van der Waals surface area contributed by atoms with Crippen molar-refractivity contribution < 1.29 is 19.1 Å².